The molecular formula is C14H21N5O4. The molecule has 3 heterocycles. The van der Waals surface area contributed by atoms with E-state index in [0.29, 0.717) is 29.4 Å². The molecule has 9 nitrogen and oxygen atoms in total. The lowest BCUT2D eigenvalue weighted by Crippen LogP contribution is -2.37. The number of nitrogens with zero attached hydrogens (tertiary/aromatic N) is 4. The zero-order chi connectivity index (χ0) is 16.6. The van der Waals surface area contributed by atoms with Crippen molar-refractivity contribution in [2.45, 2.75) is 31.5 Å². The Bertz CT molecular complexity index is 691. The minimum absolute atomic E-state index is 0.254. The third kappa shape index (κ3) is 2.55. The normalized spacial score (nSPS) is 27.8. The molecule has 4 atom stereocenters. The Labute approximate surface area is 133 Å². The standard InChI is InChI=1S/C14H21N5O4/c1-7-18-9-12(15)16-6-17-13(9)19(7)14-11(22-4)10(21-3)8(23-14)5-20-2/h6,8,10-11,14H,5H2,1-4H3,(H2,15,16,17)/t8-,10?,11?,14-/m1/s1. The maximum Gasteiger partial charge on any atom is 0.167 e. The number of aromatic nitrogens is 4. The highest BCUT2D eigenvalue weighted by Gasteiger charge is 2.47. The highest BCUT2D eigenvalue weighted by Crippen LogP contribution is 2.36. The zero-order valence-electron chi connectivity index (χ0n) is 13.6. The van der Waals surface area contributed by atoms with Gasteiger partial charge in [0.1, 0.15) is 30.5 Å². The topological polar surface area (TPSA) is 107 Å². The first-order valence-corrected chi connectivity index (χ1v) is 7.27. The number of methoxy groups -OCH3 is 3. The minimum Gasteiger partial charge on any atom is -0.382 e. The van der Waals surface area contributed by atoms with Crippen LogP contribution in [0.15, 0.2) is 6.33 Å². The fraction of sp³-hybridized carbons (Fsp3) is 0.643. The first-order chi connectivity index (χ1) is 11.1. The van der Waals surface area contributed by atoms with E-state index in [4.69, 9.17) is 24.7 Å². The Morgan fingerprint density at radius 2 is 1.96 bits per heavy atom. The van der Waals surface area contributed by atoms with Crippen LogP contribution in [-0.4, -0.2) is 65.8 Å². The molecule has 0 aromatic carbocycles. The molecule has 126 valence electrons. The van der Waals surface area contributed by atoms with E-state index >= 15 is 0 Å². The van der Waals surface area contributed by atoms with E-state index in [1.807, 2.05) is 11.5 Å². The van der Waals surface area contributed by atoms with Gasteiger partial charge in [-0.3, -0.25) is 4.57 Å². The maximum absolute atomic E-state index is 6.13. The van der Waals surface area contributed by atoms with Crippen LogP contribution in [0.1, 0.15) is 12.1 Å². The summed E-state index contributed by atoms with van der Waals surface area (Å²) in [6.07, 6.45) is 0.126. The van der Waals surface area contributed by atoms with Gasteiger partial charge in [0.25, 0.3) is 0 Å². The first-order valence-electron chi connectivity index (χ1n) is 7.27. The van der Waals surface area contributed by atoms with Crippen molar-refractivity contribution >= 4 is 17.0 Å². The monoisotopic (exact) mass is 323 g/mol. The summed E-state index contributed by atoms with van der Waals surface area (Å²) >= 11 is 0. The molecule has 2 N–H and O–H groups in total. The third-order valence-corrected chi connectivity index (χ3v) is 4.10. The van der Waals surface area contributed by atoms with Crippen molar-refractivity contribution in [3.63, 3.8) is 0 Å². The van der Waals surface area contributed by atoms with Crippen LogP contribution in [0.4, 0.5) is 5.82 Å². The van der Waals surface area contributed by atoms with Gasteiger partial charge in [-0.15, -0.1) is 0 Å². The van der Waals surface area contributed by atoms with Crippen LogP contribution >= 0.6 is 0 Å². The van der Waals surface area contributed by atoms with E-state index in [1.165, 1.54) is 6.33 Å². The molecule has 0 aliphatic carbocycles. The van der Waals surface area contributed by atoms with E-state index in [1.54, 1.807) is 21.3 Å². The summed E-state index contributed by atoms with van der Waals surface area (Å²) in [6, 6.07) is 0. The molecule has 1 saturated heterocycles. The molecular weight excluding hydrogens is 302 g/mol. The Hall–Kier alpha value is -1.81. The molecule has 9 heteroatoms. The summed E-state index contributed by atoms with van der Waals surface area (Å²) in [4.78, 5) is 12.7. The van der Waals surface area contributed by atoms with Crippen molar-refractivity contribution in [3.05, 3.63) is 12.2 Å². The summed E-state index contributed by atoms with van der Waals surface area (Å²) in [6.45, 7) is 2.26. The van der Waals surface area contributed by atoms with Crippen molar-refractivity contribution in [1.29, 1.82) is 0 Å². The molecule has 1 aliphatic heterocycles. The van der Waals surface area contributed by atoms with Crippen molar-refractivity contribution in [1.82, 2.24) is 19.5 Å². The molecule has 1 fully saturated rings. The third-order valence-electron chi connectivity index (χ3n) is 4.10. The largest absolute Gasteiger partial charge is 0.382 e. The Balaban J connectivity index is 2.07. The highest BCUT2D eigenvalue weighted by atomic mass is 16.6. The van der Waals surface area contributed by atoms with Gasteiger partial charge in [-0.05, 0) is 6.92 Å². The number of hydrogen-bond acceptors (Lipinski definition) is 8. The molecule has 2 aromatic rings. The number of nitrogens with two attached hydrogens (primary N) is 1. The van der Waals surface area contributed by atoms with Gasteiger partial charge in [-0.25, -0.2) is 15.0 Å². The lowest BCUT2D eigenvalue weighted by Gasteiger charge is -2.22. The zero-order valence-corrected chi connectivity index (χ0v) is 13.6. The van der Waals surface area contributed by atoms with Gasteiger partial charge in [0.05, 0.1) is 6.61 Å². The summed E-state index contributed by atoms with van der Waals surface area (Å²) in [5.41, 5.74) is 7.04. The Morgan fingerprint density at radius 3 is 2.61 bits per heavy atom. The summed E-state index contributed by atoms with van der Waals surface area (Å²) in [5, 5.41) is 0. The minimum atomic E-state index is -0.440. The van der Waals surface area contributed by atoms with Crippen molar-refractivity contribution < 1.29 is 18.9 Å². The van der Waals surface area contributed by atoms with E-state index in [0.717, 1.165) is 0 Å². The smallest absolute Gasteiger partial charge is 0.167 e. The predicted molar refractivity (Wildman–Crippen MR) is 81.9 cm³/mol. The predicted octanol–water partition coefficient (Wildman–Crippen LogP) is 0.291. The summed E-state index contributed by atoms with van der Waals surface area (Å²) < 4.78 is 24.4. The van der Waals surface area contributed by atoms with Crippen LogP contribution in [0, 0.1) is 6.92 Å². The fourth-order valence-corrected chi connectivity index (χ4v) is 3.09. The van der Waals surface area contributed by atoms with E-state index in [-0.39, 0.29) is 18.3 Å². The lowest BCUT2D eigenvalue weighted by atomic mass is 10.1. The van der Waals surface area contributed by atoms with Crippen LogP contribution in [0.25, 0.3) is 11.2 Å². The average molecular weight is 323 g/mol. The number of ether oxygens (including phenoxy) is 4. The average Bonchev–Trinajstić information content (AvgIpc) is 3.05. The second-order valence-electron chi connectivity index (χ2n) is 5.38. The number of rotatable bonds is 5. The maximum atomic E-state index is 6.13. The quantitative estimate of drug-likeness (QED) is 0.837. The van der Waals surface area contributed by atoms with Crippen molar-refractivity contribution in [2.24, 2.45) is 0 Å². The molecule has 23 heavy (non-hydrogen) atoms. The molecule has 0 spiro atoms. The van der Waals surface area contributed by atoms with E-state index in [9.17, 15) is 0 Å². The van der Waals surface area contributed by atoms with Gasteiger partial charge < -0.3 is 24.7 Å². The highest BCUT2D eigenvalue weighted by molar-refractivity contribution is 5.81. The summed E-state index contributed by atoms with van der Waals surface area (Å²) in [7, 11) is 4.88. The first kappa shape index (κ1) is 16.1. The molecule has 0 amide bonds. The molecule has 0 bridgehead atoms. The number of fused-ring (bicyclic) bond motifs is 1. The molecule has 0 saturated carbocycles. The van der Waals surface area contributed by atoms with Crippen LogP contribution in [0.3, 0.4) is 0 Å². The van der Waals surface area contributed by atoms with Crippen molar-refractivity contribution in [2.75, 3.05) is 33.7 Å². The number of imidazole rings is 1. The number of anilines is 1. The number of hydrogen-bond donors (Lipinski definition) is 1. The van der Waals surface area contributed by atoms with Crippen LogP contribution in [0.5, 0.6) is 0 Å². The Morgan fingerprint density at radius 1 is 1.22 bits per heavy atom. The second-order valence-corrected chi connectivity index (χ2v) is 5.38. The second kappa shape index (κ2) is 6.36. The molecule has 2 unspecified atom stereocenters. The summed E-state index contributed by atoms with van der Waals surface area (Å²) in [5.74, 6) is 1.05. The van der Waals surface area contributed by atoms with Gasteiger partial charge in [-0.1, -0.05) is 0 Å². The van der Waals surface area contributed by atoms with Crippen LogP contribution in [-0.2, 0) is 18.9 Å². The molecule has 0 radical (unpaired) electrons. The van der Waals surface area contributed by atoms with Gasteiger partial charge in [-0.2, -0.15) is 0 Å². The van der Waals surface area contributed by atoms with Crippen LogP contribution in [0.2, 0.25) is 0 Å². The molecule has 3 rings (SSSR count). The van der Waals surface area contributed by atoms with Gasteiger partial charge in [0.2, 0.25) is 0 Å². The number of aryl methyl sites for hydroxylation is 1. The van der Waals surface area contributed by atoms with Crippen molar-refractivity contribution in [3.8, 4) is 0 Å². The van der Waals surface area contributed by atoms with E-state index < -0.39 is 6.23 Å². The van der Waals surface area contributed by atoms with Gasteiger partial charge >= 0.3 is 0 Å². The molecule has 2 aromatic heterocycles. The number of nitrogen functional groups attached to an aromatic ring is 1. The lowest BCUT2D eigenvalue weighted by molar-refractivity contribution is -0.0644. The van der Waals surface area contributed by atoms with Gasteiger partial charge in [0, 0.05) is 21.3 Å². The fourth-order valence-electron chi connectivity index (χ4n) is 3.09. The Kier molecular flexibility index (Phi) is 4.44. The molecule has 1 aliphatic rings. The van der Waals surface area contributed by atoms with E-state index in [2.05, 4.69) is 15.0 Å². The SMILES string of the molecule is COC[C@H]1O[C@@H](n2c(C)nc3c(N)ncnc32)C(OC)C1OC. The van der Waals surface area contributed by atoms with Crippen LogP contribution < -0.4 is 5.73 Å². The van der Waals surface area contributed by atoms with Gasteiger partial charge in [0.15, 0.2) is 23.2 Å².